The van der Waals surface area contributed by atoms with Crippen LogP contribution in [0.1, 0.15) is 13.8 Å². The fourth-order valence-corrected chi connectivity index (χ4v) is 1.98. The second kappa shape index (κ2) is 8.71. The molecule has 0 fully saturated rings. The maximum absolute atomic E-state index is 11.8. The van der Waals surface area contributed by atoms with Crippen LogP contribution >= 0.6 is 0 Å². The fourth-order valence-electron chi connectivity index (χ4n) is 1.98. The van der Waals surface area contributed by atoms with Crippen molar-refractivity contribution in [3.63, 3.8) is 0 Å². The monoisotopic (exact) mass is 356 g/mol. The molecule has 2 aromatic carbocycles. The molecule has 26 heavy (non-hydrogen) atoms. The molecular formula is C20H20O6. The summed E-state index contributed by atoms with van der Waals surface area (Å²) in [5.41, 5.74) is 1.40. The summed E-state index contributed by atoms with van der Waals surface area (Å²) in [5.74, 6) is 0.547. The quantitative estimate of drug-likeness (QED) is 0.411. The van der Waals surface area contributed by atoms with E-state index in [1.54, 1.807) is 44.2 Å². The Hall–Kier alpha value is -3.28. The van der Waals surface area contributed by atoms with E-state index in [1.807, 2.05) is 6.07 Å². The molecule has 0 radical (unpaired) electrons. The highest BCUT2D eigenvalue weighted by molar-refractivity contribution is 5.91. The lowest BCUT2D eigenvalue weighted by Crippen LogP contribution is -2.12. The van der Waals surface area contributed by atoms with E-state index in [2.05, 4.69) is 13.2 Å². The molecule has 0 aromatic heterocycles. The van der Waals surface area contributed by atoms with Crippen LogP contribution in [0.5, 0.6) is 11.5 Å². The second-order valence-corrected chi connectivity index (χ2v) is 5.83. The van der Waals surface area contributed by atoms with Gasteiger partial charge in [-0.15, -0.1) is 0 Å². The smallest absolute Gasteiger partial charge is 0.429 e. The zero-order chi connectivity index (χ0) is 19.1. The Morgan fingerprint density at radius 2 is 1.50 bits per heavy atom. The van der Waals surface area contributed by atoms with Crippen LogP contribution in [0.25, 0.3) is 10.8 Å². The lowest BCUT2D eigenvalue weighted by Gasteiger charge is -2.10. The number of hydrogen-bond acceptors (Lipinski definition) is 6. The molecule has 0 saturated heterocycles. The van der Waals surface area contributed by atoms with E-state index in [9.17, 15) is 9.59 Å². The van der Waals surface area contributed by atoms with Crippen LogP contribution in [0.2, 0.25) is 0 Å². The Bertz CT molecular complexity index is 853. The van der Waals surface area contributed by atoms with Crippen molar-refractivity contribution in [2.45, 2.75) is 13.8 Å². The Morgan fingerprint density at radius 3 is 2.12 bits per heavy atom. The average Bonchev–Trinajstić information content (AvgIpc) is 2.58. The number of hydrogen-bond donors (Lipinski definition) is 0. The molecule has 2 aromatic rings. The zero-order valence-electron chi connectivity index (χ0n) is 14.7. The Labute approximate surface area is 151 Å². The van der Waals surface area contributed by atoms with Gasteiger partial charge in [0.2, 0.25) is 0 Å². The van der Waals surface area contributed by atoms with Crippen LogP contribution in [-0.2, 0) is 9.47 Å². The van der Waals surface area contributed by atoms with Gasteiger partial charge in [-0.3, -0.25) is 0 Å². The fraction of sp³-hybridized carbons (Fsp3) is 0.200. The summed E-state index contributed by atoms with van der Waals surface area (Å²) >= 11 is 0. The third-order valence-corrected chi connectivity index (χ3v) is 3.08. The third kappa shape index (κ3) is 5.66. The van der Waals surface area contributed by atoms with Crippen molar-refractivity contribution in [3.8, 4) is 11.5 Å². The van der Waals surface area contributed by atoms with Crippen LogP contribution in [0.3, 0.4) is 0 Å². The normalized spacial score (nSPS) is 10.1. The minimum absolute atomic E-state index is 0.0759. The molecule has 0 N–H and O–H groups in total. The molecule has 0 aliphatic heterocycles. The summed E-state index contributed by atoms with van der Waals surface area (Å²) in [7, 11) is 0. The molecule has 0 amide bonds. The van der Waals surface area contributed by atoms with Crippen molar-refractivity contribution in [2.75, 3.05) is 13.2 Å². The van der Waals surface area contributed by atoms with Crippen molar-refractivity contribution in [2.24, 2.45) is 0 Å². The van der Waals surface area contributed by atoms with E-state index in [1.165, 1.54) is 0 Å². The highest BCUT2D eigenvalue weighted by Crippen LogP contribution is 2.29. The summed E-state index contributed by atoms with van der Waals surface area (Å²) in [5, 5.41) is 1.39. The number of carbonyl (C=O) groups excluding carboxylic acids is 2. The first-order chi connectivity index (χ1) is 12.3. The summed E-state index contributed by atoms with van der Waals surface area (Å²) in [6.45, 7) is 10.9. The minimum Gasteiger partial charge on any atom is -0.429 e. The maximum Gasteiger partial charge on any atom is 0.514 e. The molecule has 0 spiro atoms. The van der Waals surface area contributed by atoms with Crippen molar-refractivity contribution >= 4 is 23.1 Å². The standard InChI is InChI=1S/C20H20O6/c1-13(2)11-23-19(21)25-16-9-8-15-6-5-7-18(17(15)10-16)26-20(22)24-12-14(3)4/h5-10H,1,3,11-12H2,2,4H3. The van der Waals surface area contributed by atoms with Crippen LogP contribution in [0.15, 0.2) is 60.7 Å². The zero-order valence-corrected chi connectivity index (χ0v) is 14.7. The van der Waals surface area contributed by atoms with Crippen LogP contribution in [0, 0.1) is 0 Å². The highest BCUT2D eigenvalue weighted by Gasteiger charge is 2.12. The van der Waals surface area contributed by atoms with E-state index in [0.29, 0.717) is 16.5 Å². The molecule has 6 heteroatoms. The third-order valence-electron chi connectivity index (χ3n) is 3.08. The van der Waals surface area contributed by atoms with Gasteiger partial charge >= 0.3 is 12.3 Å². The summed E-state index contributed by atoms with van der Waals surface area (Å²) in [6, 6.07) is 10.1. The molecule has 0 atom stereocenters. The van der Waals surface area contributed by atoms with Gasteiger partial charge < -0.3 is 18.9 Å². The predicted octanol–water partition coefficient (Wildman–Crippen LogP) is 5.02. The molecule has 0 heterocycles. The van der Waals surface area contributed by atoms with Crippen molar-refractivity contribution in [1.29, 1.82) is 0 Å². The lowest BCUT2D eigenvalue weighted by molar-refractivity contribution is 0.106. The first-order valence-electron chi connectivity index (χ1n) is 7.86. The van der Waals surface area contributed by atoms with E-state index in [0.717, 1.165) is 5.39 Å². The molecule has 136 valence electrons. The largest absolute Gasteiger partial charge is 0.514 e. The van der Waals surface area contributed by atoms with E-state index >= 15 is 0 Å². The van der Waals surface area contributed by atoms with Crippen LogP contribution in [0.4, 0.5) is 9.59 Å². The number of rotatable bonds is 6. The summed E-state index contributed by atoms with van der Waals surface area (Å²) < 4.78 is 20.2. The number of benzene rings is 2. The van der Waals surface area contributed by atoms with Gasteiger partial charge in [-0.2, -0.15) is 0 Å². The second-order valence-electron chi connectivity index (χ2n) is 5.83. The van der Waals surface area contributed by atoms with Crippen LogP contribution < -0.4 is 9.47 Å². The number of ether oxygens (including phenoxy) is 4. The van der Waals surface area contributed by atoms with E-state index in [4.69, 9.17) is 18.9 Å². The molecule has 0 unspecified atom stereocenters. The molecule has 0 bridgehead atoms. The Kier molecular flexibility index (Phi) is 6.38. The minimum atomic E-state index is -0.841. The molecule has 0 aliphatic carbocycles. The summed E-state index contributed by atoms with van der Waals surface area (Å²) in [4.78, 5) is 23.4. The molecule has 0 saturated carbocycles. The van der Waals surface area contributed by atoms with Crippen molar-refractivity contribution < 1.29 is 28.5 Å². The van der Waals surface area contributed by atoms with Gasteiger partial charge in [0, 0.05) is 5.39 Å². The number of fused-ring (bicyclic) bond motifs is 1. The first-order valence-corrected chi connectivity index (χ1v) is 7.86. The highest BCUT2D eigenvalue weighted by atomic mass is 16.7. The lowest BCUT2D eigenvalue weighted by atomic mass is 10.1. The molecule has 0 aliphatic rings. The van der Waals surface area contributed by atoms with Crippen molar-refractivity contribution in [1.82, 2.24) is 0 Å². The van der Waals surface area contributed by atoms with Gasteiger partial charge in [0.15, 0.2) is 0 Å². The molecule has 2 rings (SSSR count). The maximum atomic E-state index is 11.8. The Balaban J connectivity index is 2.16. The molecule has 6 nitrogen and oxygen atoms in total. The number of carbonyl (C=O) groups is 2. The van der Waals surface area contributed by atoms with Gasteiger partial charge in [0.1, 0.15) is 24.7 Å². The van der Waals surface area contributed by atoms with E-state index in [-0.39, 0.29) is 24.7 Å². The SMILES string of the molecule is C=C(C)COC(=O)Oc1ccc2cccc(OC(=O)OCC(=C)C)c2c1. The van der Waals surface area contributed by atoms with Gasteiger partial charge in [0.25, 0.3) is 0 Å². The summed E-state index contributed by atoms with van der Waals surface area (Å²) in [6.07, 6.45) is -1.68. The van der Waals surface area contributed by atoms with Crippen LogP contribution in [-0.4, -0.2) is 25.5 Å². The van der Waals surface area contributed by atoms with Gasteiger partial charge in [-0.05, 0) is 48.6 Å². The molecular weight excluding hydrogens is 336 g/mol. The van der Waals surface area contributed by atoms with Gasteiger partial charge in [-0.25, -0.2) is 9.59 Å². The van der Waals surface area contributed by atoms with E-state index < -0.39 is 12.3 Å². The van der Waals surface area contributed by atoms with Crippen molar-refractivity contribution in [3.05, 3.63) is 60.7 Å². The van der Waals surface area contributed by atoms with Gasteiger partial charge in [-0.1, -0.05) is 31.4 Å². The Morgan fingerprint density at radius 1 is 0.885 bits per heavy atom. The van der Waals surface area contributed by atoms with Gasteiger partial charge in [0.05, 0.1) is 0 Å². The first kappa shape index (κ1) is 19.1. The average molecular weight is 356 g/mol. The topological polar surface area (TPSA) is 71.1 Å². The predicted molar refractivity (Wildman–Crippen MR) is 97.5 cm³/mol.